The second-order valence-electron chi connectivity index (χ2n) is 5.11. The van der Waals surface area contributed by atoms with E-state index in [1.54, 1.807) is 6.20 Å². The van der Waals surface area contributed by atoms with Crippen LogP contribution in [-0.2, 0) is 0 Å². The smallest absolute Gasteiger partial charge is 0.253 e. The van der Waals surface area contributed by atoms with E-state index in [0.29, 0.717) is 17.3 Å². The molecule has 19 heavy (non-hydrogen) atoms. The molecule has 0 saturated carbocycles. The molecule has 0 bridgehead atoms. The Balaban J connectivity index is 2.40. The number of nitrogens with one attached hydrogen (secondary N) is 1. The van der Waals surface area contributed by atoms with Crippen LogP contribution in [0.5, 0.6) is 0 Å². The van der Waals surface area contributed by atoms with Crippen LogP contribution in [0.2, 0.25) is 0 Å². The first kappa shape index (κ1) is 13.3. The minimum Gasteiger partial charge on any atom is -0.383 e. The van der Waals surface area contributed by atoms with Crippen LogP contribution < -0.4 is 11.1 Å². The maximum atomic E-state index is 12.3. The Morgan fingerprint density at radius 2 is 1.84 bits per heavy atom. The van der Waals surface area contributed by atoms with Crippen molar-refractivity contribution in [1.82, 2.24) is 10.3 Å². The molecule has 1 atom stereocenters. The van der Waals surface area contributed by atoms with Gasteiger partial charge in [-0.05, 0) is 18.2 Å². The Morgan fingerprint density at radius 3 is 2.47 bits per heavy atom. The Hall–Kier alpha value is -2.10. The number of rotatable bonds is 3. The Morgan fingerprint density at radius 1 is 1.21 bits per heavy atom. The van der Waals surface area contributed by atoms with Crippen molar-refractivity contribution in [2.45, 2.75) is 26.8 Å². The summed E-state index contributed by atoms with van der Waals surface area (Å²) < 4.78 is 0. The highest BCUT2D eigenvalue weighted by atomic mass is 16.1. The third-order valence-electron chi connectivity index (χ3n) is 3.43. The number of amides is 1. The van der Waals surface area contributed by atoms with Gasteiger partial charge in [-0.25, -0.2) is 4.98 Å². The van der Waals surface area contributed by atoms with Crippen LogP contribution in [0.4, 0.5) is 5.82 Å². The van der Waals surface area contributed by atoms with Crippen LogP contribution in [0.25, 0.3) is 10.8 Å². The molecule has 0 aliphatic carbocycles. The van der Waals surface area contributed by atoms with Crippen LogP contribution in [0.1, 0.15) is 31.1 Å². The number of anilines is 1. The number of pyridine rings is 1. The SMILES string of the molecule is CC(C)C(C)NC(=O)c1cnc(N)c2ccccc12. The van der Waals surface area contributed by atoms with E-state index in [-0.39, 0.29) is 11.9 Å². The van der Waals surface area contributed by atoms with Gasteiger partial charge in [0.15, 0.2) is 0 Å². The number of nitrogens with zero attached hydrogens (tertiary/aromatic N) is 1. The first-order chi connectivity index (χ1) is 9.00. The lowest BCUT2D eigenvalue weighted by molar-refractivity contribution is 0.0932. The van der Waals surface area contributed by atoms with Gasteiger partial charge in [-0.15, -0.1) is 0 Å². The minimum absolute atomic E-state index is 0.107. The summed E-state index contributed by atoms with van der Waals surface area (Å²) in [4.78, 5) is 16.4. The van der Waals surface area contributed by atoms with E-state index >= 15 is 0 Å². The van der Waals surface area contributed by atoms with Gasteiger partial charge in [-0.2, -0.15) is 0 Å². The quantitative estimate of drug-likeness (QED) is 0.888. The van der Waals surface area contributed by atoms with Crippen molar-refractivity contribution < 1.29 is 4.79 Å². The van der Waals surface area contributed by atoms with Gasteiger partial charge in [0.2, 0.25) is 0 Å². The third kappa shape index (κ3) is 2.67. The molecule has 0 spiro atoms. The largest absolute Gasteiger partial charge is 0.383 e. The van der Waals surface area contributed by atoms with Crippen molar-refractivity contribution in [2.24, 2.45) is 5.92 Å². The number of benzene rings is 1. The summed E-state index contributed by atoms with van der Waals surface area (Å²) in [5.74, 6) is 0.728. The number of nitrogens with two attached hydrogens (primary N) is 1. The molecule has 0 radical (unpaired) electrons. The van der Waals surface area contributed by atoms with Gasteiger partial charge in [0.05, 0.1) is 5.56 Å². The summed E-state index contributed by atoms with van der Waals surface area (Å²) in [5.41, 5.74) is 6.40. The van der Waals surface area contributed by atoms with E-state index in [2.05, 4.69) is 24.1 Å². The van der Waals surface area contributed by atoms with E-state index < -0.39 is 0 Å². The summed E-state index contributed by atoms with van der Waals surface area (Å²) in [6, 6.07) is 7.66. The topological polar surface area (TPSA) is 68.0 Å². The van der Waals surface area contributed by atoms with Crippen molar-refractivity contribution in [3.05, 3.63) is 36.0 Å². The zero-order valence-corrected chi connectivity index (χ0v) is 11.5. The minimum atomic E-state index is -0.107. The first-order valence-electron chi connectivity index (χ1n) is 6.44. The molecule has 3 N–H and O–H groups in total. The van der Waals surface area contributed by atoms with Crippen LogP contribution >= 0.6 is 0 Å². The van der Waals surface area contributed by atoms with Crippen molar-refractivity contribution >= 4 is 22.5 Å². The van der Waals surface area contributed by atoms with Gasteiger partial charge in [0.25, 0.3) is 5.91 Å². The predicted octanol–water partition coefficient (Wildman–Crippen LogP) is 2.59. The lowest BCUT2D eigenvalue weighted by Gasteiger charge is -2.18. The number of fused-ring (bicyclic) bond motifs is 1. The second-order valence-corrected chi connectivity index (χ2v) is 5.11. The molecule has 0 aliphatic heterocycles. The van der Waals surface area contributed by atoms with Crippen molar-refractivity contribution in [1.29, 1.82) is 0 Å². The van der Waals surface area contributed by atoms with Crippen molar-refractivity contribution in [2.75, 3.05) is 5.73 Å². The fourth-order valence-corrected chi connectivity index (χ4v) is 1.85. The zero-order valence-electron chi connectivity index (χ0n) is 11.5. The van der Waals surface area contributed by atoms with E-state index in [4.69, 9.17) is 5.73 Å². The maximum absolute atomic E-state index is 12.3. The molecule has 100 valence electrons. The predicted molar refractivity (Wildman–Crippen MR) is 77.9 cm³/mol. The van der Waals surface area contributed by atoms with Crippen molar-refractivity contribution in [3.63, 3.8) is 0 Å². The average Bonchev–Trinajstić information content (AvgIpc) is 2.39. The monoisotopic (exact) mass is 257 g/mol. The highest BCUT2D eigenvalue weighted by Gasteiger charge is 2.15. The first-order valence-corrected chi connectivity index (χ1v) is 6.44. The molecular formula is C15H19N3O. The molecule has 1 heterocycles. The van der Waals surface area contributed by atoms with Crippen LogP contribution in [0.3, 0.4) is 0 Å². The second kappa shape index (κ2) is 5.26. The average molecular weight is 257 g/mol. The van der Waals surface area contributed by atoms with Crippen molar-refractivity contribution in [3.8, 4) is 0 Å². The van der Waals surface area contributed by atoms with E-state index in [0.717, 1.165) is 10.8 Å². The molecule has 4 heteroatoms. The summed E-state index contributed by atoms with van der Waals surface area (Å²) in [6.45, 7) is 6.14. The number of aromatic nitrogens is 1. The standard InChI is InChI=1S/C15H19N3O/c1-9(2)10(3)18-15(19)13-8-17-14(16)12-7-5-4-6-11(12)13/h4-10H,1-3H3,(H2,16,17)(H,18,19). The molecule has 0 fully saturated rings. The molecule has 1 aromatic carbocycles. The number of nitrogen functional groups attached to an aromatic ring is 1. The Labute approximate surface area is 113 Å². The van der Waals surface area contributed by atoms with Crippen LogP contribution in [0, 0.1) is 5.92 Å². The molecule has 2 rings (SSSR count). The van der Waals surface area contributed by atoms with E-state index in [1.165, 1.54) is 0 Å². The van der Waals surface area contributed by atoms with Gasteiger partial charge in [0.1, 0.15) is 5.82 Å². The highest BCUT2D eigenvalue weighted by molar-refractivity contribution is 6.09. The molecule has 2 aromatic rings. The fourth-order valence-electron chi connectivity index (χ4n) is 1.85. The Bertz CT molecular complexity index is 607. The van der Waals surface area contributed by atoms with Crippen LogP contribution in [0.15, 0.2) is 30.5 Å². The highest BCUT2D eigenvalue weighted by Crippen LogP contribution is 2.22. The molecule has 0 aliphatic rings. The lowest BCUT2D eigenvalue weighted by Crippen LogP contribution is -2.36. The normalized spacial score (nSPS) is 12.6. The van der Waals surface area contributed by atoms with Gasteiger partial charge in [0, 0.05) is 17.6 Å². The van der Waals surface area contributed by atoms with Gasteiger partial charge < -0.3 is 11.1 Å². The molecular weight excluding hydrogens is 238 g/mol. The Kier molecular flexibility index (Phi) is 3.69. The summed E-state index contributed by atoms with van der Waals surface area (Å²) >= 11 is 0. The maximum Gasteiger partial charge on any atom is 0.253 e. The lowest BCUT2D eigenvalue weighted by atomic mass is 10.0. The molecule has 1 amide bonds. The summed E-state index contributed by atoms with van der Waals surface area (Å²) in [7, 11) is 0. The molecule has 0 saturated heterocycles. The van der Waals surface area contributed by atoms with Gasteiger partial charge in [-0.1, -0.05) is 38.1 Å². The van der Waals surface area contributed by atoms with Gasteiger partial charge >= 0.3 is 0 Å². The third-order valence-corrected chi connectivity index (χ3v) is 3.43. The fraction of sp³-hybridized carbons (Fsp3) is 0.333. The summed E-state index contributed by atoms with van der Waals surface area (Å²) in [6.07, 6.45) is 1.54. The number of carbonyl (C=O) groups excluding carboxylic acids is 1. The number of carbonyl (C=O) groups is 1. The zero-order chi connectivity index (χ0) is 14.0. The molecule has 1 unspecified atom stereocenters. The summed E-state index contributed by atoms with van der Waals surface area (Å²) in [5, 5.41) is 4.64. The number of hydrogen-bond donors (Lipinski definition) is 2. The van der Waals surface area contributed by atoms with Gasteiger partial charge in [-0.3, -0.25) is 4.79 Å². The van der Waals surface area contributed by atoms with E-state index in [9.17, 15) is 4.79 Å². The molecule has 4 nitrogen and oxygen atoms in total. The van der Waals surface area contributed by atoms with Crippen LogP contribution in [-0.4, -0.2) is 16.9 Å². The van der Waals surface area contributed by atoms with E-state index in [1.807, 2.05) is 31.2 Å². The number of hydrogen-bond acceptors (Lipinski definition) is 3. The molecule has 1 aromatic heterocycles.